The fourth-order valence-corrected chi connectivity index (χ4v) is 9.08. The number of methoxy groups -OCH3 is 2. The highest BCUT2D eigenvalue weighted by Gasteiger charge is 2.42. The minimum Gasteiger partial charge on any atom is -0.497 e. The summed E-state index contributed by atoms with van der Waals surface area (Å²) in [6, 6.07) is 12.3. The lowest BCUT2D eigenvalue weighted by molar-refractivity contribution is 0.0500. The van der Waals surface area contributed by atoms with Gasteiger partial charge < -0.3 is 19.5 Å². The fourth-order valence-electron chi connectivity index (χ4n) is 7.05. The van der Waals surface area contributed by atoms with Crippen molar-refractivity contribution in [3.05, 3.63) is 117 Å². The van der Waals surface area contributed by atoms with E-state index in [2.05, 4.69) is 15.4 Å². The first-order valence-corrected chi connectivity index (χ1v) is 21.0. The van der Waals surface area contributed by atoms with E-state index >= 15 is 4.39 Å². The molecule has 328 valence electrons. The van der Waals surface area contributed by atoms with Crippen molar-refractivity contribution in [2.45, 2.75) is 76.4 Å². The van der Waals surface area contributed by atoms with Gasteiger partial charge in [-0.1, -0.05) is 23.7 Å². The van der Waals surface area contributed by atoms with E-state index in [9.17, 15) is 35.6 Å². The largest absolute Gasteiger partial charge is 0.497 e. The number of hydrogen-bond acceptors (Lipinski definition) is 9. The molecule has 0 spiro atoms. The Morgan fingerprint density at radius 2 is 1.60 bits per heavy atom. The maximum atomic E-state index is 16.0. The van der Waals surface area contributed by atoms with Gasteiger partial charge in [-0.25, -0.2) is 44.5 Å². The van der Waals surface area contributed by atoms with E-state index in [-0.39, 0.29) is 56.6 Å². The van der Waals surface area contributed by atoms with Gasteiger partial charge in [0.2, 0.25) is 10.0 Å². The Morgan fingerprint density at radius 3 is 2.19 bits per heavy atom. The normalized spacial score (nSPS) is 13.7. The molecule has 2 heterocycles. The maximum absolute atomic E-state index is 16.0. The molecule has 1 aliphatic rings. The second-order valence-electron chi connectivity index (χ2n) is 15.6. The van der Waals surface area contributed by atoms with Gasteiger partial charge in [-0.2, -0.15) is 5.10 Å². The van der Waals surface area contributed by atoms with Crippen molar-refractivity contribution >= 4 is 55.3 Å². The van der Waals surface area contributed by atoms with Crippen LogP contribution in [0.5, 0.6) is 11.5 Å². The summed E-state index contributed by atoms with van der Waals surface area (Å²) in [5.74, 6) is -3.29. The number of anilines is 1. The van der Waals surface area contributed by atoms with Crippen LogP contribution in [0.15, 0.2) is 71.5 Å². The van der Waals surface area contributed by atoms with Crippen LogP contribution in [0.2, 0.25) is 5.02 Å². The van der Waals surface area contributed by atoms with Gasteiger partial charge in [-0.3, -0.25) is 14.0 Å². The van der Waals surface area contributed by atoms with E-state index in [0.29, 0.717) is 30.2 Å². The van der Waals surface area contributed by atoms with E-state index in [1.165, 1.54) is 32.4 Å². The standard InChI is InChI=1S/C42H40ClF5N6O7S/c1-42(2,3)61-41(56)50-32(16-23-14-24(44)17-25(45)15-23)38-49-31-19-27(60-5)18-30(46)36(31)40(55)54(38)33-13-12-29(43)35-37(33)52(21-34(47)48)51-39(35)53(62(57,58)28-10-11-28)20-22-6-8-26(59-4)9-7-22/h6-9,12-15,17-19,28,32,34H,10-11,16,20-21H2,1-5H3,(H,50,56)/t32-/m0/s1. The van der Waals surface area contributed by atoms with Crippen molar-refractivity contribution in [1.82, 2.24) is 24.6 Å². The number of aromatic nitrogens is 4. The molecule has 0 bridgehead atoms. The van der Waals surface area contributed by atoms with E-state index in [1.54, 1.807) is 45.0 Å². The molecule has 0 radical (unpaired) electrons. The molecule has 1 amide bonds. The Bertz CT molecular complexity index is 2850. The number of hydrogen-bond donors (Lipinski definition) is 1. The van der Waals surface area contributed by atoms with Crippen LogP contribution in [-0.4, -0.2) is 65.3 Å². The molecule has 0 unspecified atom stereocenters. The lowest BCUT2D eigenvalue weighted by Gasteiger charge is -2.26. The van der Waals surface area contributed by atoms with Crippen molar-refractivity contribution in [3.8, 4) is 17.2 Å². The third kappa shape index (κ3) is 9.13. The number of amides is 1. The van der Waals surface area contributed by atoms with Crippen molar-refractivity contribution in [3.63, 3.8) is 0 Å². The van der Waals surface area contributed by atoms with Crippen LogP contribution in [0.1, 0.15) is 56.6 Å². The molecule has 0 aliphatic heterocycles. The monoisotopic (exact) mass is 902 g/mol. The number of benzene rings is 4. The summed E-state index contributed by atoms with van der Waals surface area (Å²) in [5.41, 5.74) is -2.58. The molecular formula is C42H40ClF5N6O7S. The predicted octanol–water partition coefficient (Wildman–Crippen LogP) is 8.40. The Balaban J connectivity index is 1.56. The second kappa shape index (κ2) is 17.1. The first kappa shape index (κ1) is 44.1. The minimum absolute atomic E-state index is 0.0213. The number of nitrogens with one attached hydrogen (secondary N) is 1. The number of halogens is 6. The lowest BCUT2D eigenvalue weighted by atomic mass is 10.0. The second-order valence-corrected chi connectivity index (χ2v) is 18.1. The van der Waals surface area contributed by atoms with Crippen molar-refractivity contribution in [2.75, 3.05) is 18.5 Å². The first-order chi connectivity index (χ1) is 29.3. The molecule has 1 fully saturated rings. The Hall–Kier alpha value is -5.95. The van der Waals surface area contributed by atoms with Crippen molar-refractivity contribution < 1.29 is 49.4 Å². The zero-order valence-corrected chi connectivity index (χ0v) is 35.5. The van der Waals surface area contributed by atoms with Crippen LogP contribution in [0.25, 0.3) is 27.5 Å². The third-order valence-corrected chi connectivity index (χ3v) is 12.4. The number of ether oxygens (including phenoxy) is 3. The van der Waals surface area contributed by atoms with Gasteiger partial charge in [0, 0.05) is 24.6 Å². The van der Waals surface area contributed by atoms with E-state index < -0.39 is 80.8 Å². The summed E-state index contributed by atoms with van der Waals surface area (Å²) in [5, 5.41) is 5.32. The van der Waals surface area contributed by atoms with E-state index in [1.807, 2.05) is 0 Å². The van der Waals surface area contributed by atoms with E-state index in [0.717, 1.165) is 31.8 Å². The third-order valence-electron chi connectivity index (χ3n) is 9.85. The molecule has 1 aliphatic carbocycles. The molecule has 0 saturated heterocycles. The smallest absolute Gasteiger partial charge is 0.408 e. The van der Waals surface area contributed by atoms with Crippen LogP contribution >= 0.6 is 11.6 Å². The zero-order valence-electron chi connectivity index (χ0n) is 33.9. The molecule has 4 aromatic carbocycles. The molecule has 1 atom stereocenters. The van der Waals surface area contributed by atoms with E-state index in [4.69, 9.17) is 25.8 Å². The molecule has 6 aromatic rings. The van der Waals surface area contributed by atoms with Gasteiger partial charge in [0.25, 0.3) is 12.0 Å². The topological polar surface area (TPSA) is 147 Å². The average Bonchev–Trinajstić information content (AvgIpc) is 3.99. The summed E-state index contributed by atoms with van der Waals surface area (Å²) < 4.78 is 122. The highest BCUT2D eigenvalue weighted by atomic mass is 35.5. The van der Waals surface area contributed by atoms with Gasteiger partial charge >= 0.3 is 6.09 Å². The van der Waals surface area contributed by atoms with Crippen LogP contribution in [0.3, 0.4) is 0 Å². The van der Waals surface area contributed by atoms with Crippen molar-refractivity contribution in [2.24, 2.45) is 0 Å². The van der Waals surface area contributed by atoms with Crippen molar-refractivity contribution in [1.29, 1.82) is 0 Å². The summed E-state index contributed by atoms with van der Waals surface area (Å²) in [4.78, 5) is 33.1. The first-order valence-electron chi connectivity index (χ1n) is 19.1. The number of alkyl halides is 2. The van der Waals surface area contributed by atoms with Gasteiger partial charge in [0.15, 0.2) is 5.82 Å². The summed E-state index contributed by atoms with van der Waals surface area (Å²) in [6.07, 6.45) is -3.94. The van der Waals surface area contributed by atoms with Crippen LogP contribution in [0.4, 0.5) is 32.6 Å². The average molecular weight is 903 g/mol. The van der Waals surface area contributed by atoms with Crippen LogP contribution in [-0.2, 0) is 34.3 Å². The Labute approximate surface area is 357 Å². The van der Waals surface area contributed by atoms with Gasteiger partial charge in [-0.05, 0) is 81.1 Å². The highest BCUT2D eigenvalue weighted by Crippen LogP contribution is 2.42. The van der Waals surface area contributed by atoms with Gasteiger partial charge in [0.05, 0.1) is 59.2 Å². The zero-order chi connectivity index (χ0) is 44.8. The maximum Gasteiger partial charge on any atom is 0.408 e. The fraction of sp³-hybridized carbons (Fsp3) is 0.333. The van der Waals surface area contributed by atoms with Crippen LogP contribution in [0, 0.1) is 17.5 Å². The Morgan fingerprint density at radius 1 is 0.935 bits per heavy atom. The molecule has 1 saturated carbocycles. The van der Waals surface area contributed by atoms with Gasteiger partial charge in [-0.15, -0.1) is 0 Å². The predicted molar refractivity (Wildman–Crippen MR) is 221 cm³/mol. The van der Waals surface area contributed by atoms with Crippen LogP contribution < -0.4 is 24.7 Å². The number of carbonyl (C=O) groups excluding carboxylic acids is 1. The number of alkyl carbamates (subject to hydrolysis) is 1. The number of rotatable bonds is 14. The molecule has 1 N–H and O–H groups in total. The molecule has 13 nitrogen and oxygen atoms in total. The molecule has 7 rings (SSSR count). The SMILES string of the molecule is COc1ccc(CN(c2nn(CC(F)F)c3c(-n4c([C@H](Cc5cc(F)cc(F)c5)NC(=O)OC(C)(C)C)nc5cc(OC)cc(F)c5c4=O)ccc(Cl)c23)S(=O)(=O)C2CC2)cc1. The minimum atomic E-state index is -4.22. The van der Waals surface area contributed by atoms with Gasteiger partial charge in [0.1, 0.15) is 52.3 Å². The quantitative estimate of drug-likeness (QED) is 0.107. The number of carbonyl (C=O) groups is 1. The molecule has 62 heavy (non-hydrogen) atoms. The Kier molecular flexibility index (Phi) is 12.1. The summed E-state index contributed by atoms with van der Waals surface area (Å²) in [7, 11) is -1.51. The number of fused-ring (bicyclic) bond motifs is 2. The highest BCUT2D eigenvalue weighted by molar-refractivity contribution is 7.93. The molecule has 20 heteroatoms. The lowest BCUT2D eigenvalue weighted by Crippen LogP contribution is -2.39. The summed E-state index contributed by atoms with van der Waals surface area (Å²) >= 11 is 6.87. The molecular weight excluding hydrogens is 863 g/mol. The number of sulfonamides is 1. The molecule has 2 aromatic heterocycles. The summed E-state index contributed by atoms with van der Waals surface area (Å²) in [6.45, 7) is 3.29. The number of nitrogens with zero attached hydrogens (tertiary/aromatic N) is 5.